The molecule has 0 N–H and O–H groups in total. The molecule has 98 valence electrons. The maximum atomic E-state index is 5.11. The van der Waals surface area contributed by atoms with Crippen molar-refractivity contribution < 1.29 is 4.74 Å². The van der Waals surface area contributed by atoms with Gasteiger partial charge in [0, 0.05) is 18.4 Å². The van der Waals surface area contributed by atoms with Gasteiger partial charge in [0.15, 0.2) is 0 Å². The summed E-state index contributed by atoms with van der Waals surface area (Å²) in [5, 5.41) is 0. The predicted octanol–water partition coefficient (Wildman–Crippen LogP) is 4.41. The third-order valence-electron chi connectivity index (χ3n) is 2.34. The van der Waals surface area contributed by atoms with E-state index in [0.717, 1.165) is 17.1 Å². The molecular weight excluding hydrogens is 222 g/mol. The van der Waals surface area contributed by atoms with Crippen LogP contribution in [0, 0.1) is 0 Å². The first-order valence-corrected chi connectivity index (χ1v) is 6.06. The standard InChI is InChI=1S/C14H17NO.C2H6/c1-5-7-12(6-2)15(3)13-8-10-14(16-4)11-9-13;1-2/h5-11H,1-2H2,3-4H3;1-2H3/b12-7+;. The van der Waals surface area contributed by atoms with E-state index in [-0.39, 0.29) is 0 Å². The molecule has 0 amide bonds. The number of hydrogen-bond donors (Lipinski definition) is 0. The van der Waals surface area contributed by atoms with E-state index in [2.05, 4.69) is 13.2 Å². The fraction of sp³-hybridized carbons (Fsp3) is 0.250. The Bertz CT molecular complexity index is 390. The zero-order chi connectivity index (χ0) is 14.0. The van der Waals surface area contributed by atoms with Crippen LogP contribution in [0.2, 0.25) is 0 Å². The van der Waals surface area contributed by atoms with Crippen molar-refractivity contribution in [2.24, 2.45) is 0 Å². The Labute approximate surface area is 111 Å². The van der Waals surface area contributed by atoms with Gasteiger partial charge in [0.1, 0.15) is 5.75 Å². The van der Waals surface area contributed by atoms with Crippen LogP contribution in [0.15, 0.2) is 61.3 Å². The molecule has 0 spiro atoms. The van der Waals surface area contributed by atoms with Gasteiger partial charge < -0.3 is 9.64 Å². The molecule has 0 fully saturated rings. The number of anilines is 1. The molecule has 1 aromatic carbocycles. The number of nitrogens with zero attached hydrogens (tertiary/aromatic N) is 1. The van der Waals surface area contributed by atoms with Gasteiger partial charge in [0.25, 0.3) is 0 Å². The van der Waals surface area contributed by atoms with E-state index in [4.69, 9.17) is 4.74 Å². The second-order valence-electron chi connectivity index (χ2n) is 3.29. The molecule has 0 unspecified atom stereocenters. The van der Waals surface area contributed by atoms with Gasteiger partial charge in [-0.05, 0) is 36.4 Å². The lowest BCUT2D eigenvalue weighted by atomic mass is 10.2. The van der Waals surface area contributed by atoms with E-state index in [1.165, 1.54) is 0 Å². The van der Waals surface area contributed by atoms with Crippen LogP contribution in [-0.4, -0.2) is 14.2 Å². The second kappa shape index (κ2) is 9.11. The van der Waals surface area contributed by atoms with Crippen molar-refractivity contribution in [3.63, 3.8) is 0 Å². The summed E-state index contributed by atoms with van der Waals surface area (Å²) in [6, 6.07) is 7.86. The topological polar surface area (TPSA) is 12.5 Å². The van der Waals surface area contributed by atoms with Crippen LogP contribution in [0.5, 0.6) is 5.75 Å². The smallest absolute Gasteiger partial charge is 0.119 e. The van der Waals surface area contributed by atoms with Gasteiger partial charge in [0.05, 0.1) is 7.11 Å². The quantitative estimate of drug-likeness (QED) is 0.712. The number of benzene rings is 1. The fourth-order valence-corrected chi connectivity index (χ4v) is 1.39. The molecule has 0 aliphatic rings. The van der Waals surface area contributed by atoms with E-state index < -0.39 is 0 Å². The van der Waals surface area contributed by atoms with Gasteiger partial charge in [-0.3, -0.25) is 0 Å². The van der Waals surface area contributed by atoms with Crippen LogP contribution < -0.4 is 9.64 Å². The molecule has 0 atom stereocenters. The highest BCUT2D eigenvalue weighted by molar-refractivity contribution is 5.55. The van der Waals surface area contributed by atoms with Crippen molar-refractivity contribution in [1.29, 1.82) is 0 Å². The summed E-state index contributed by atoms with van der Waals surface area (Å²) < 4.78 is 5.11. The number of allylic oxidation sites excluding steroid dienone is 3. The van der Waals surface area contributed by atoms with Crippen LogP contribution in [0.25, 0.3) is 0 Å². The van der Waals surface area contributed by atoms with Gasteiger partial charge >= 0.3 is 0 Å². The fourth-order valence-electron chi connectivity index (χ4n) is 1.39. The van der Waals surface area contributed by atoms with Gasteiger partial charge in [-0.15, -0.1) is 0 Å². The Balaban J connectivity index is 0.00000137. The Morgan fingerprint density at radius 3 is 2.11 bits per heavy atom. The molecule has 0 saturated carbocycles. The van der Waals surface area contributed by atoms with E-state index in [9.17, 15) is 0 Å². The van der Waals surface area contributed by atoms with Crippen LogP contribution in [0.4, 0.5) is 5.69 Å². The summed E-state index contributed by atoms with van der Waals surface area (Å²) in [7, 11) is 3.64. The lowest BCUT2D eigenvalue weighted by molar-refractivity contribution is 0.415. The first-order valence-electron chi connectivity index (χ1n) is 6.06. The van der Waals surface area contributed by atoms with Crippen LogP contribution >= 0.6 is 0 Å². The Morgan fingerprint density at radius 2 is 1.72 bits per heavy atom. The first-order chi connectivity index (χ1) is 8.72. The zero-order valence-corrected chi connectivity index (χ0v) is 11.8. The van der Waals surface area contributed by atoms with E-state index in [1.807, 2.05) is 56.1 Å². The van der Waals surface area contributed by atoms with Crippen molar-refractivity contribution in [2.75, 3.05) is 19.1 Å². The monoisotopic (exact) mass is 245 g/mol. The van der Waals surface area contributed by atoms with Crippen LogP contribution in [0.1, 0.15) is 13.8 Å². The number of hydrogen-bond acceptors (Lipinski definition) is 2. The average Bonchev–Trinajstić information content (AvgIpc) is 2.46. The molecule has 1 rings (SSSR count). The molecule has 18 heavy (non-hydrogen) atoms. The number of methoxy groups -OCH3 is 1. The van der Waals surface area contributed by atoms with E-state index >= 15 is 0 Å². The summed E-state index contributed by atoms with van der Waals surface area (Å²) >= 11 is 0. The zero-order valence-electron chi connectivity index (χ0n) is 11.8. The Morgan fingerprint density at radius 1 is 1.17 bits per heavy atom. The summed E-state index contributed by atoms with van der Waals surface area (Å²) in [5.74, 6) is 0.852. The number of likely N-dealkylation sites (N-methyl/N-ethyl adjacent to an activating group) is 1. The molecule has 0 bridgehead atoms. The maximum absolute atomic E-state index is 5.11. The molecule has 2 nitrogen and oxygen atoms in total. The van der Waals surface area contributed by atoms with Crippen molar-refractivity contribution >= 4 is 5.69 Å². The largest absolute Gasteiger partial charge is 0.497 e. The SMILES string of the molecule is C=C/C=C(\C=C)N(C)c1ccc(OC)cc1.CC. The minimum Gasteiger partial charge on any atom is -0.497 e. The average molecular weight is 245 g/mol. The molecule has 0 aliphatic carbocycles. The Kier molecular flexibility index (Phi) is 8.12. The molecule has 2 heteroatoms. The molecule has 0 aliphatic heterocycles. The summed E-state index contributed by atoms with van der Waals surface area (Å²) in [6.07, 6.45) is 5.46. The third-order valence-corrected chi connectivity index (χ3v) is 2.34. The normalized spacial score (nSPS) is 9.89. The molecule has 1 aromatic rings. The Hall–Kier alpha value is -1.96. The summed E-state index contributed by atoms with van der Waals surface area (Å²) in [6.45, 7) is 11.5. The molecule has 0 heterocycles. The predicted molar refractivity (Wildman–Crippen MR) is 81.2 cm³/mol. The lowest BCUT2D eigenvalue weighted by Crippen LogP contribution is -2.14. The van der Waals surface area contributed by atoms with Crippen molar-refractivity contribution in [2.45, 2.75) is 13.8 Å². The van der Waals surface area contributed by atoms with Crippen molar-refractivity contribution in [3.05, 3.63) is 61.3 Å². The second-order valence-corrected chi connectivity index (χ2v) is 3.29. The van der Waals surface area contributed by atoms with Crippen molar-refractivity contribution in [1.82, 2.24) is 0 Å². The third kappa shape index (κ3) is 4.50. The molecule has 0 radical (unpaired) electrons. The summed E-state index contributed by atoms with van der Waals surface area (Å²) in [5.41, 5.74) is 2.08. The maximum Gasteiger partial charge on any atom is 0.119 e. The van der Waals surface area contributed by atoms with E-state index in [1.54, 1.807) is 19.3 Å². The van der Waals surface area contributed by atoms with Crippen molar-refractivity contribution in [3.8, 4) is 5.75 Å². The van der Waals surface area contributed by atoms with E-state index in [0.29, 0.717) is 0 Å². The van der Waals surface area contributed by atoms with Gasteiger partial charge in [-0.25, -0.2) is 0 Å². The highest BCUT2D eigenvalue weighted by Gasteiger charge is 2.03. The highest BCUT2D eigenvalue weighted by atomic mass is 16.5. The van der Waals surface area contributed by atoms with Gasteiger partial charge in [-0.1, -0.05) is 33.1 Å². The van der Waals surface area contributed by atoms with Gasteiger partial charge in [0.2, 0.25) is 0 Å². The highest BCUT2D eigenvalue weighted by Crippen LogP contribution is 2.21. The first kappa shape index (κ1) is 16.0. The number of ether oxygens (including phenoxy) is 1. The van der Waals surface area contributed by atoms with Crippen LogP contribution in [0.3, 0.4) is 0 Å². The molecular formula is C16H23NO. The van der Waals surface area contributed by atoms with Gasteiger partial charge in [-0.2, -0.15) is 0 Å². The minimum absolute atomic E-state index is 0.852. The lowest BCUT2D eigenvalue weighted by Gasteiger charge is -2.20. The van der Waals surface area contributed by atoms with Crippen LogP contribution in [-0.2, 0) is 0 Å². The number of rotatable bonds is 5. The molecule has 0 saturated heterocycles. The molecule has 0 aromatic heterocycles. The minimum atomic E-state index is 0.852. The summed E-state index contributed by atoms with van der Waals surface area (Å²) in [4.78, 5) is 2.04.